The van der Waals surface area contributed by atoms with Crippen molar-refractivity contribution in [2.45, 2.75) is 16.7 Å². The Kier molecular flexibility index (Phi) is 3.70. The number of carbonyl (C=O) groups is 1. The van der Waals surface area contributed by atoms with Crippen LogP contribution in [0.25, 0.3) is 0 Å². The first-order valence-electron chi connectivity index (χ1n) is 5.79. The van der Waals surface area contributed by atoms with Gasteiger partial charge < -0.3 is 9.84 Å². The predicted molar refractivity (Wildman–Crippen MR) is 70.9 cm³/mol. The number of hydrogen-bond acceptors (Lipinski definition) is 5. The van der Waals surface area contributed by atoms with E-state index in [4.69, 9.17) is 9.84 Å². The summed E-state index contributed by atoms with van der Waals surface area (Å²) in [6, 6.07) is 5.60. The van der Waals surface area contributed by atoms with Crippen LogP contribution >= 0.6 is 0 Å². The van der Waals surface area contributed by atoms with E-state index in [0.717, 1.165) is 0 Å². The molecule has 0 radical (unpaired) electrons. The Bertz CT molecular complexity index is 678. The summed E-state index contributed by atoms with van der Waals surface area (Å²) < 4.78 is 29.7. The fourth-order valence-corrected chi connectivity index (χ4v) is 3.22. The van der Waals surface area contributed by atoms with E-state index in [1.54, 1.807) is 6.92 Å². The molecule has 20 heavy (non-hydrogen) atoms. The smallest absolute Gasteiger partial charge is 0.341 e. The molecule has 106 valence electrons. The van der Waals surface area contributed by atoms with Crippen molar-refractivity contribution >= 4 is 15.8 Å². The van der Waals surface area contributed by atoms with Gasteiger partial charge in [0.15, 0.2) is 0 Å². The van der Waals surface area contributed by atoms with Crippen LogP contribution in [0.15, 0.2) is 29.2 Å². The summed E-state index contributed by atoms with van der Waals surface area (Å²) in [5.74, 6) is 4.46. The van der Waals surface area contributed by atoms with Crippen LogP contribution in [0, 0.1) is 11.8 Å². The fraction of sp³-hybridized carbons (Fsp3) is 0.308. The van der Waals surface area contributed by atoms with E-state index in [1.165, 1.54) is 24.3 Å². The van der Waals surface area contributed by atoms with E-state index in [1.807, 2.05) is 0 Å². The molecular weight excluding hydrogens is 282 g/mol. The number of aliphatic carboxylic acids is 1. The topological polar surface area (TPSA) is 103 Å². The third kappa shape index (κ3) is 2.35. The quantitative estimate of drug-likeness (QED) is 0.596. The van der Waals surface area contributed by atoms with Gasteiger partial charge >= 0.3 is 5.97 Å². The minimum Gasteiger partial charge on any atom is -0.481 e. The molecule has 0 aliphatic carbocycles. The first kappa shape index (κ1) is 14.4. The highest BCUT2D eigenvalue weighted by molar-refractivity contribution is 7.94. The molecule has 1 aliphatic heterocycles. The maximum atomic E-state index is 12.2. The van der Waals surface area contributed by atoms with Gasteiger partial charge in [-0.15, -0.1) is 5.92 Å². The van der Waals surface area contributed by atoms with Gasteiger partial charge in [-0.2, -0.15) is 0 Å². The predicted octanol–water partition coefficient (Wildman–Crippen LogP) is 0.246. The number of nitrogens with one attached hydrogen (secondary N) is 1. The average Bonchev–Trinajstić information content (AvgIpc) is 3.21. The molecule has 0 spiro atoms. The molecule has 6 nitrogen and oxygen atoms in total. The van der Waals surface area contributed by atoms with E-state index >= 15 is 0 Å². The molecule has 1 aromatic carbocycles. The van der Waals surface area contributed by atoms with Crippen LogP contribution in [0.3, 0.4) is 0 Å². The second kappa shape index (κ2) is 5.15. The third-order valence-electron chi connectivity index (χ3n) is 2.92. The Balaban J connectivity index is 2.21. The van der Waals surface area contributed by atoms with Crippen molar-refractivity contribution in [3.63, 3.8) is 0 Å². The number of ether oxygens (including phenoxy) is 1. The Morgan fingerprint density at radius 3 is 2.50 bits per heavy atom. The Hall–Kier alpha value is -2.04. The molecule has 7 heteroatoms. The van der Waals surface area contributed by atoms with Gasteiger partial charge in [0.2, 0.25) is 14.7 Å². The monoisotopic (exact) mass is 295 g/mol. The van der Waals surface area contributed by atoms with Gasteiger partial charge in [0.05, 0.1) is 4.90 Å². The van der Waals surface area contributed by atoms with Gasteiger partial charge in [-0.1, -0.05) is 5.92 Å². The molecule has 2 rings (SSSR count). The molecule has 1 fully saturated rings. The van der Waals surface area contributed by atoms with Crippen LogP contribution in [0.1, 0.15) is 6.92 Å². The summed E-state index contributed by atoms with van der Waals surface area (Å²) in [6.45, 7) is 1.81. The van der Waals surface area contributed by atoms with Crippen molar-refractivity contribution < 1.29 is 23.1 Å². The molecule has 1 heterocycles. The molecule has 0 saturated carbocycles. The third-order valence-corrected chi connectivity index (χ3v) is 5.20. The maximum Gasteiger partial charge on any atom is 0.341 e. The summed E-state index contributed by atoms with van der Waals surface area (Å²) in [5, 5.41) is 11.4. The average molecular weight is 295 g/mol. The molecule has 0 bridgehead atoms. The summed E-state index contributed by atoms with van der Waals surface area (Å²) in [4.78, 5) is 9.12. The molecule has 1 aliphatic rings. The van der Waals surface area contributed by atoms with Crippen molar-refractivity contribution in [3.8, 4) is 17.6 Å². The standard InChI is InChI=1S/C13H13NO5S/c1-2-3-8-19-10-4-6-11(7-5-10)20(17,18)13(9-14-13)12(15)16/h4-7,14H,8-9H2,1H3,(H,15,16). The highest BCUT2D eigenvalue weighted by Crippen LogP contribution is 2.32. The molecule has 2 N–H and O–H groups in total. The second-order valence-electron chi connectivity index (χ2n) is 4.18. The molecule has 0 aromatic heterocycles. The fourth-order valence-electron chi connectivity index (χ4n) is 1.64. The summed E-state index contributed by atoms with van der Waals surface area (Å²) in [6.07, 6.45) is 0. The lowest BCUT2D eigenvalue weighted by Crippen LogP contribution is -2.37. The number of carboxylic acids is 1. The number of sulfone groups is 1. The van der Waals surface area contributed by atoms with Crippen LogP contribution in [0.5, 0.6) is 5.75 Å². The molecular formula is C13H13NO5S. The number of benzene rings is 1. The number of rotatable bonds is 5. The van der Waals surface area contributed by atoms with Crippen LogP contribution in [-0.4, -0.2) is 37.5 Å². The zero-order valence-electron chi connectivity index (χ0n) is 10.7. The van der Waals surface area contributed by atoms with Gasteiger partial charge in [-0.25, -0.2) is 13.2 Å². The van der Waals surface area contributed by atoms with Crippen molar-refractivity contribution in [2.75, 3.05) is 13.2 Å². The van der Waals surface area contributed by atoms with Crippen LogP contribution < -0.4 is 10.1 Å². The number of hydrogen-bond donors (Lipinski definition) is 2. The SMILES string of the molecule is CC#CCOc1ccc(S(=O)(=O)C2(C(=O)O)CN2)cc1. The van der Waals surface area contributed by atoms with Crippen LogP contribution in [0.2, 0.25) is 0 Å². The Labute approximate surface area is 116 Å². The van der Waals surface area contributed by atoms with Crippen molar-refractivity contribution in [1.82, 2.24) is 5.32 Å². The summed E-state index contributed by atoms with van der Waals surface area (Å²) >= 11 is 0. The lowest BCUT2D eigenvalue weighted by atomic mass is 10.3. The summed E-state index contributed by atoms with van der Waals surface area (Å²) in [7, 11) is -3.96. The molecule has 1 atom stereocenters. The minimum atomic E-state index is -3.96. The lowest BCUT2D eigenvalue weighted by Gasteiger charge is -2.10. The normalized spacial score (nSPS) is 20.6. The lowest BCUT2D eigenvalue weighted by molar-refractivity contribution is -0.137. The highest BCUT2D eigenvalue weighted by Gasteiger charge is 2.62. The summed E-state index contributed by atoms with van der Waals surface area (Å²) in [5.41, 5.74) is 0. The van der Waals surface area contributed by atoms with E-state index in [9.17, 15) is 13.2 Å². The van der Waals surface area contributed by atoms with Crippen LogP contribution in [-0.2, 0) is 14.6 Å². The molecule has 1 unspecified atom stereocenters. The van der Waals surface area contributed by atoms with E-state index in [0.29, 0.717) is 5.75 Å². The van der Waals surface area contributed by atoms with Crippen molar-refractivity contribution in [3.05, 3.63) is 24.3 Å². The maximum absolute atomic E-state index is 12.2. The zero-order valence-corrected chi connectivity index (χ0v) is 11.5. The van der Waals surface area contributed by atoms with E-state index < -0.39 is 20.7 Å². The Morgan fingerprint density at radius 2 is 2.05 bits per heavy atom. The first-order chi connectivity index (χ1) is 9.44. The van der Waals surface area contributed by atoms with Gasteiger partial charge in [0.1, 0.15) is 12.4 Å². The van der Waals surface area contributed by atoms with E-state index in [2.05, 4.69) is 17.2 Å². The first-order valence-corrected chi connectivity index (χ1v) is 7.28. The van der Waals surface area contributed by atoms with Crippen molar-refractivity contribution in [2.24, 2.45) is 0 Å². The number of carboxylic acid groups (broad SMARTS) is 1. The van der Waals surface area contributed by atoms with Gasteiger partial charge in [-0.05, 0) is 31.2 Å². The van der Waals surface area contributed by atoms with Gasteiger partial charge in [0, 0.05) is 6.54 Å². The van der Waals surface area contributed by atoms with Crippen LogP contribution in [0.4, 0.5) is 0 Å². The molecule has 0 amide bonds. The second-order valence-corrected chi connectivity index (χ2v) is 6.35. The minimum absolute atomic E-state index is 0.0566. The zero-order chi connectivity index (χ0) is 14.8. The molecule has 1 saturated heterocycles. The largest absolute Gasteiger partial charge is 0.481 e. The van der Waals surface area contributed by atoms with Gasteiger partial charge in [0.25, 0.3) is 0 Å². The Morgan fingerprint density at radius 1 is 1.45 bits per heavy atom. The highest BCUT2D eigenvalue weighted by atomic mass is 32.2. The van der Waals surface area contributed by atoms with E-state index in [-0.39, 0.29) is 18.0 Å². The molecule has 1 aromatic rings. The van der Waals surface area contributed by atoms with Gasteiger partial charge in [-0.3, -0.25) is 5.32 Å². The van der Waals surface area contributed by atoms with Crippen molar-refractivity contribution in [1.29, 1.82) is 0 Å².